The van der Waals surface area contributed by atoms with Crippen LogP contribution in [0.3, 0.4) is 0 Å². The molecule has 0 saturated heterocycles. The van der Waals surface area contributed by atoms with Gasteiger partial charge in [0.15, 0.2) is 11.5 Å². The summed E-state index contributed by atoms with van der Waals surface area (Å²) in [6, 6.07) is 9.13. The maximum Gasteiger partial charge on any atom is 0.416 e. The molecule has 0 aliphatic carbocycles. The first-order valence-corrected chi connectivity index (χ1v) is 7.62. The van der Waals surface area contributed by atoms with Gasteiger partial charge in [-0.1, -0.05) is 24.3 Å². The molecule has 0 unspecified atom stereocenters. The number of fused-ring (bicyclic) bond motifs is 1. The molecule has 2 aromatic carbocycles. The van der Waals surface area contributed by atoms with Gasteiger partial charge in [0.25, 0.3) is 0 Å². The molecule has 0 saturated carbocycles. The molecular formula is C18H17F3N2O. The molecule has 1 aromatic heterocycles. The number of benzene rings is 2. The molecule has 2 N–H and O–H groups in total. The van der Waals surface area contributed by atoms with E-state index in [4.69, 9.17) is 10.2 Å². The lowest BCUT2D eigenvalue weighted by atomic mass is 10.0. The highest BCUT2D eigenvalue weighted by molar-refractivity contribution is 5.80. The van der Waals surface area contributed by atoms with Crippen LogP contribution in [0.15, 0.2) is 40.8 Å². The van der Waals surface area contributed by atoms with Gasteiger partial charge in [-0.2, -0.15) is 13.2 Å². The number of alkyl halides is 3. The van der Waals surface area contributed by atoms with Crippen LogP contribution in [0.25, 0.3) is 11.1 Å². The highest BCUT2D eigenvalue weighted by Crippen LogP contribution is 2.29. The van der Waals surface area contributed by atoms with Gasteiger partial charge in [-0.05, 0) is 36.1 Å². The maximum atomic E-state index is 12.6. The predicted octanol–water partition coefficient (Wildman–Crippen LogP) is 4.40. The summed E-state index contributed by atoms with van der Waals surface area (Å²) in [6.45, 7) is 2.14. The third kappa shape index (κ3) is 3.28. The van der Waals surface area contributed by atoms with Crippen molar-refractivity contribution in [2.75, 3.05) is 0 Å². The first-order chi connectivity index (χ1) is 11.4. The first-order valence-electron chi connectivity index (χ1n) is 7.62. The van der Waals surface area contributed by atoms with Crippen LogP contribution >= 0.6 is 0 Å². The van der Waals surface area contributed by atoms with Crippen LogP contribution in [0, 0.1) is 6.92 Å². The molecule has 3 aromatic rings. The lowest BCUT2D eigenvalue weighted by Crippen LogP contribution is -2.04. The zero-order chi connectivity index (χ0) is 17.3. The van der Waals surface area contributed by atoms with Crippen LogP contribution in [0.4, 0.5) is 13.2 Å². The van der Waals surface area contributed by atoms with Gasteiger partial charge < -0.3 is 10.2 Å². The molecule has 0 atom stereocenters. The zero-order valence-electron chi connectivity index (χ0n) is 13.2. The Morgan fingerprint density at radius 2 is 1.67 bits per heavy atom. The smallest absolute Gasteiger partial charge is 0.416 e. The average molecular weight is 334 g/mol. The van der Waals surface area contributed by atoms with Crippen LogP contribution in [-0.2, 0) is 25.6 Å². The maximum absolute atomic E-state index is 12.6. The summed E-state index contributed by atoms with van der Waals surface area (Å²) in [7, 11) is 0. The standard InChI is InChI=1S/C18H17F3N2O/c1-11-23-16-13(6-7-14(10-22)17(16)24-11)5-2-12-3-8-15(9-4-12)18(19,20)21/h3-4,6-9H,2,5,10,22H2,1H3. The van der Waals surface area contributed by atoms with Crippen molar-refractivity contribution in [3.05, 3.63) is 64.5 Å². The fourth-order valence-electron chi connectivity index (χ4n) is 2.72. The predicted molar refractivity (Wildman–Crippen MR) is 85.5 cm³/mol. The van der Waals surface area contributed by atoms with Crippen molar-refractivity contribution in [3.8, 4) is 0 Å². The quantitative estimate of drug-likeness (QED) is 0.769. The van der Waals surface area contributed by atoms with E-state index in [-0.39, 0.29) is 0 Å². The Hall–Kier alpha value is -2.34. The normalized spacial score (nSPS) is 12.0. The van der Waals surface area contributed by atoms with Gasteiger partial charge in [0.05, 0.1) is 5.56 Å². The van der Waals surface area contributed by atoms with Crippen LogP contribution in [-0.4, -0.2) is 4.98 Å². The average Bonchev–Trinajstić information content (AvgIpc) is 2.93. The molecule has 1 heterocycles. The molecule has 3 nitrogen and oxygen atoms in total. The monoisotopic (exact) mass is 334 g/mol. The molecule has 24 heavy (non-hydrogen) atoms. The van der Waals surface area contributed by atoms with E-state index in [0.29, 0.717) is 30.9 Å². The largest absolute Gasteiger partial charge is 0.441 e. The van der Waals surface area contributed by atoms with Crippen molar-refractivity contribution in [3.63, 3.8) is 0 Å². The minimum Gasteiger partial charge on any atom is -0.441 e. The summed E-state index contributed by atoms with van der Waals surface area (Å²) >= 11 is 0. The molecule has 0 radical (unpaired) electrons. The van der Waals surface area contributed by atoms with Crippen molar-refractivity contribution in [2.24, 2.45) is 5.73 Å². The van der Waals surface area contributed by atoms with E-state index in [1.54, 1.807) is 6.92 Å². The Labute approximate surface area is 137 Å². The number of aryl methyl sites for hydroxylation is 3. The van der Waals surface area contributed by atoms with E-state index in [1.165, 1.54) is 12.1 Å². The van der Waals surface area contributed by atoms with Crippen LogP contribution in [0.2, 0.25) is 0 Å². The Morgan fingerprint density at radius 1 is 1.00 bits per heavy atom. The second-order valence-corrected chi connectivity index (χ2v) is 5.69. The summed E-state index contributed by atoms with van der Waals surface area (Å²) in [4.78, 5) is 4.41. The molecule has 6 heteroatoms. The van der Waals surface area contributed by atoms with Crippen LogP contribution < -0.4 is 5.73 Å². The summed E-state index contributed by atoms with van der Waals surface area (Å²) < 4.78 is 43.4. The Balaban J connectivity index is 1.81. The number of nitrogens with two attached hydrogens (primary N) is 1. The topological polar surface area (TPSA) is 52.0 Å². The number of hydrogen-bond donors (Lipinski definition) is 1. The second-order valence-electron chi connectivity index (χ2n) is 5.69. The number of nitrogens with zero attached hydrogens (tertiary/aromatic N) is 1. The van der Waals surface area contributed by atoms with Crippen molar-refractivity contribution in [1.82, 2.24) is 4.98 Å². The number of oxazole rings is 1. The van der Waals surface area contributed by atoms with Gasteiger partial charge in [-0.3, -0.25) is 0 Å². The SMILES string of the molecule is Cc1nc2c(CCc3ccc(C(F)(F)F)cc3)ccc(CN)c2o1. The van der Waals surface area contributed by atoms with Crippen molar-refractivity contribution in [1.29, 1.82) is 0 Å². The molecule has 0 aliphatic heterocycles. The molecule has 126 valence electrons. The van der Waals surface area contributed by atoms with Crippen LogP contribution in [0.5, 0.6) is 0 Å². The Kier molecular flexibility index (Phi) is 4.32. The highest BCUT2D eigenvalue weighted by atomic mass is 19.4. The lowest BCUT2D eigenvalue weighted by molar-refractivity contribution is -0.137. The molecule has 0 spiro atoms. The van der Waals surface area contributed by atoms with Gasteiger partial charge in [-0.15, -0.1) is 0 Å². The van der Waals surface area contributed by atoms with Gasteiger partial charge in [0.1, 0.15) is 5.52 Å². The first kappa shape index (κ1) is 16.5. The minimum absolute atomic E-state index is 0.365. The lowest BCUT2D eigenvalue weighted by Gasteiger charge is -2.08. The fourth-order valence-corrected chi connectivity index (χ4v) is 2.72. The van der Waals surface area contributed by atoms with Gasteiger partial charge in [0.2, 0.25) is 0 Å². The second kappa shape index (κ2) is 6.28. The van der Waals surface area contributed by atoms with Crippen molar-refractivity contribution < 1.29 is 17.6 Å². The van der Waals surface area contributed by atoms with Gasteiger partial charge in [0, 0.05) is 19.0 Å². The number of aromatic nitrogens is 1. The third-order valence-electron chi connectivity index (χ3n) is 4.00. The number of rotatable bonds is 4. The van der Waals surface area contributed by atoms with Gasteiger partial charge in [-0.25, -0.2) is 4.98 Å². The van der Waals surface area contributed by atoms with E-state index in [2.05, 4.69) is 4.98 Å². The molecular weight excluding hydrogens is 317 g/mol. The van der Waals surface area contributed by atoms with Crippen molar-refractivity contribution >= 4 is 11.1 Å². The molecule has 0 amide bonds. The van der Waals surface area contributed by atoms with E-state index in [1.807, 2.05) is 12.1 Å². The molecule has 0 bridgehead atoms. The van der Waals surface area contributed by atoms with E-state index in [0.717, 1.165) is 34.3 Å². The molecule has 0 fully saturated rings. The number of hydrogen-bond acceptors (Lipinski definition) is 3. The fraction of sp³-hybridized carbons (Fsp3) is 0.278. The van der Waals surface area contributed by atoms with E-state index in [9.17, 15) is 13.2 Å². The third-order valence-corrected chi connectivity index (χ3v) is 4.00. The van der Waals surface area contributed by atoms with Crippen LogP contribution in [0.1, 0.15) is 28.1 Å². The summed E-state index contributed by atoms with van der Waals surface area (Å²) in [5, 5.41) is 0. The van der Waals surface area contributed by atoms with Gasteiger partial charge >= 0.3 is 6.18 Å². The summed E-state index contributed by atoms with van der Waals surface area (Å²) in [5.41, 5.74) is 9.29. The minimum atomic E-state index is -4.30. The molecule has 0 aliphatic rings. The highest BCUT2D eigenvalue weighted by Gasteiger charge is 2.29. The van der Waals surface area contributed by atoms with E-state index >= 15 is 0 Å². The summed E-state index contributed by atoms with van der Waals surface area (Å²) in [6.07, 6.45) is -3.01. The van der Waals surface area contributed by atoms with E-state index < -0.39 is 11.7 Å². The molecule has 3 rings (SSSR count). The Morgan fingerprint density at radius 3 is 2.29 bits per heavy atom. The zero-order valence-corrected chi connectivity index (χ0v) is 13.2. The summed E-state index contributed by atoms with van der Waals surface area (Å²) in [5.74, 6) is 0.571. The Bertz CT molecular complexity index is 851. The van der Waals surface area contributed by atoms with Crippen molar-refractivity contribution in [2.45, 2.75) is 32.5 Å². The number of halogens is 3.